The van der Waals surface area contributed by atoms with E-state index in [2.05, 4.69) is 5.32 Å². The van der Waals surface area contributed by atoms with Gasteiger partial charge in [-0.25, -0.2) is 0 Å². The Morgan fingerprint density at radius 1 is 1.05 bits per heavy atom. The molecule has 12 nitrogen and oxygen atoms in total. The fourth-order valence-electron chi connectivity index (χ4n) is 7.96. The van der Waals surface area contributed by atoms with Crippen molar-refractivity contribution in [3.05, 3.63) is 23.0 Å². The summed E-state index contributed by atoms with van der Waals surface area (Å²) in [5, 5.41) is 45.5. The fourth-order valence-corrected chi connectivity index (χ4v) is 7.96. The molecular weight excluding hydrogens is 562 g/mol. The van der Waals surface area contributed by atoms with Crippen LogP contribution in [-0.2, 0) is 25.5 Å². The minimum absolute atomic E-state index is 0.0211. The molecule has 1 aromatic carbocycles. The highest BCUT2D eigenvalue weighted by Gasteiger charge is 2.49. The van der Waals surface area contributed by atoms with Crippen LogP contribution in [0.25, 0.3) is 11.0 Å². The molecule has 2 saturated heterocycles. The number of rotatable bonds is 7. The molecule has 1 amide bonds. The summed E-state index contributed by atoms with van der Waals surface area (Å²) in [6.07, 6.45) is -0.893. The lowest BCUT2D eigenvalue weighted by molar-refractivity contribution is -0.277. The Labute approximate surface area is 248 Å². The zero-order chi connectivity index (χ0) is 30.0. The monoisotopic (exact) mass is 601 g/mol. The second kappa shape index (κ2) is 11.2. The summed E-state index contributed by atoms with van der Waals surface area (Å²) in [7, 11) is 0. The van der Waals surface area contributed by atoms with Crippen molar-refractivity contribution in [2.45, 2.75) is 101 Å². The van der Waals surface area contributed by atoms with Gasteiger partial charge in [-0.05, 0) is 63.4 Å². The van der Waals surface area contributed by atoms with Gasteiger partial charge in [-0.3, -0.25) is 9.59 Å². The maximum absolute atomic E-state index is 13.2. The SMILES string of the molecule is CCOC(=O)C1Cc2c(OC3OC(CO)C(O)C(O)C3O)c(OC3CCCC3)c3occ4c3c2C(C1)CC1C(=O)NCC41. The Bertz CT molecular complexity index is 1400. The normalized spacial score (nSPS) is 35.4. The molecule has 3 heterocycles. The number of ether oxygens (including phenoxy) is 4. The van der Waals surface area contributed by atoms with E-state index in [0.717, 1.165) is 42.2 Å². The lowest BCUT2D eigenvalue weighted by atomic mass is 9.72. The number of benzene rings is 1. The molecule has 2 aliphatic heterocycles. The lowest BCUT2D eigenvalue weighted by Gasteiger charge is -2.40. The van der Waals surface area contributed by atoms with Crippen LogP contribution in [0.5, 0.6) is 11.5 Å². The fraction of sp³-hybridized carbons (Fsp3) is 0.677. The second-order valence-electron chi connectivity index (χ2n) is 12.6. The maximum Gasteiger partial charge on any atom is 0.309 e. The number of carbonyl (C=O) groups excluding carboxylic acids is 2. The molecule has 3 fully saturated rings. The van der Waals surface area contributed by atoms with E-state index in [9.17, 15) is 30.0 Å². The van der Waals surface area contributed by atoms with Gasteiger partial charge in [0.15, 0.2) is 11.3 Å². The number of aliphatic hydroxyl groups is 4. The number of nitrogens with one attached hydrogen (secondary N) is 1. The third-order valence-electron chi connectivity index (χ3n) is 10.1. The highest BCUT2D eigenvalue weighted by atomic mass is 16.7. The minimum Gasteiger partial charge on any atom is -0.483 e. The topological polar surface area (TPSA) is 177 Å². The van der Waals surface area contributed by atoms with Crippen molar-refractivity contribution in [1.82, 2.24) is 5.32 Å². The highest BCUT2D eigenvalue weighted by Crippen LogP contribution is 2.57. The predicted molar refractivity (Wildman–Crippen MR) is 149 cm³/mol. The number of hydrogen-bond donors (Lipinski definition) is 5. The van der Waals surface area contributed by atoms with Crippen LogP contribution in [0.15, 0.2) is 10.7 Å². The summed E-state index contributed by atoms with van der Waals surface area (Å²) in [6, 6.07) is 0. The van der Waals surface area contributed by atoms with Crippen molar-refractivity contribution in [2.75, 3.05) is 19.8 Å². The van der Waals surface area contributed by atoms with E-state index in [-0.39, 0.29) is 54.5 Å². The smallest absolute Gasteiger partial charge is 0.309 e. The first kappa shape index (κ1) is 28.8. The van der Waals surface area contributed by atoms with Crippen LogP contribution < -0.4 is 14.8 Å². The van der Waals surface area contributed by atoms with E-state index in [1.807, 2.05) is 0 Å². The van der Waals surface area contributed by atoms with Gasteiger partial charge in [0, 0.05) is 34.9 Å². The van der Waals surface area contributed by atoms with Crippen molar-refractivity contribution in [3.8, 4) is 11.5 Å². The first-order valence-corrected chi connectivity index (χ1v) is 15.5. The number of furan rings is 1. The van der Waals surface area contributed by atoms with E-state index in [4.69, 9.17) is 23.4 Å². The third kappa shape index (κ3) is 4.69. The van der Waals surface area contributed by atoms with Crippen LogP contribution in [0, 0.1) is 11.8 Å². The predicted octanol–water partition coefficient (Wildman–Crippen LogP) is 1.38. The Balaban J connectivity index is 1.42. The summed E-state index contributed by atoms with van der Waals surface area (Å²) >= 11 is 0. The van der Waals surface area contributed by atoms with Gasteiger partial charge >= 0.3 is 5.97 Å². The Hall–Kier alpha value is -2.90. The van der Waals surface area contributed by atoms with Gasteiger partial charge in [-0.2, -0.15) is 0 Å². The molecule has 0 spiro atoms. The zero-order valence-electron chi connectivity index (χ0n) is 24.1. The molecule has 0 radical (unpaired) electrons. The number of aliphatic hydroxyl groups excluding tert-OH is 4. The summed E-state index contributed by atoms with van der Waals surface area (Å²) in [6.45, 7) is 1.88. The maximum atomic E-state index is 13.2. The molecule has 234 valence electrons. The minimum atomic E-state index is -1.64. The molecule has 5 N–H and O–H groups in total. The number of esters is 1. The number of hydrogen-bond acceptors (Lipinski definition) is 11. The molecule has 1 aromatic heterocycles. The van der Waals surface area contributed by atoms with Gasteiger partial charge in [-0.15, -0.1) is 0 Å². The Morgan fingerprint density at radius 3 is 2.58 bits per heavy atom. The second-order valence-corrected chi connectivity index (χ2v) is 12.6. The summed E-state index contributed by atoms with van der Waals surface area (Å²) in [4.78, 5) is 26.2. The highest BCUT2D eigenvalue weighted by molar-refractivity contribution is 5.97. The van der Waals surface area contributed by atoms with Crippen molar-refractivity contribution in [3.63, 3.8) is 0 Å². The van der Waals surface area contributed by atoms with E-state index >= 15 is 0 Å². The van der Waals surface area contributed by atoms with Gasteiger partial charge in [0.05, 0.1) is 31.5 Å². The lowest BCUT2D eigenvalue weighted by Crippen LogP contribution is -2.60. The van der Waals surface area contributed by atoms with Gasteiger partial charge in [0.1, 0.15) is 24.4 Å². The molecule has 9 atom stereocenters. The summed E-state index contributed by atoms with van der Waals surface area (Å²) < 4.78 is 30.5. The first-order valence-electron chi connectivity index (χ1n) is 15.5. The molecule has 1 saturated carbocycles. The quantitative estimate of drug-likeness (QED) is 0.290. The van der Waals surface area contributed by atoms with E-state index in [0.29, 0.717) is 36.3 Å². The standard InChI is InChI=1S/C31H39NO11/c1-2-39-30(38)14-7-13-8-16-18(10-32-29(16)37)19-12-40-27-22(19)21(13)17(9-14)26(28(27)41-15-5-3-4-6-15)43-31-25(36)24(35)23(34)20(11-33)42-31/h12-16,18,20,23-25,31,33-36H,2-11H2,1H3,(H,32,37). The van der Waals surface area contributed by atoms with Crippen LogP contribution in [0.2, 0.25) is 0 Å². The first-order chi connectivity index (χ1) is 20.8. The Morgan fingerprint density at radius 2 is 1.84 bits per heavy atom. The molecule has 7 rings (SSSR count). The summed E-state index contributed by atoms with van der Waals surface area (Å²) in [5.74, 6) is -0.891. The van der Waals surface area contributed by atoms with Crippen LogP contribution in [0.3, 0.4) is 0 Å². The van der Waals surface area contributed by atoms with Gasteiger partial charge < -0.3 is 49.1 Å². The van der Waals surface area contributed by atoms with Crippen LogP contribution in [-0.4, -0.2) is 88.9 Å². The molecular formula is C31H39NO11. The van der Waals surface area contributed by atoms with Gasteiger partial charge in [0.25, 0.3) is 0 Å². The molecule has 5 aliphatic rings. The summed E-state index contributed by atoms with van der Waals surface area (Å²) in [5.41, 5.74) is 3.01. The molecule has 0 bridgehead atoms. The van der Waals surface area contributed by atoms with Gasteiger partial charge in [-0.1, -0.05) is 0 Å². The van der Waals surface area contributed by atoms with Gasteiger partial charge in [0.2, 0.25) is 17.9 Å². The van der Waals surface area contributed by atoms with Crippen molar-refractivity contribution >= 4 is 22.8 Å². The molecule has 12 heteroatoms. The van der Waals surface area contributed by atoms with Crippen molar-refractivity contribution in [1.29, 1.82) is 0 Å². The number of amides is 1. The largest absolute Gasteiger partial charge is 0.483 e. The Kier molecular flexibility index (Phi) is 7.53. The van der Waals surface area contributed by atoms with Crippen molar-refractivity contribution in [2.24, 2.45) is 11.8 Å². The molecule has 3 aliphatic carbocycles. The van der Waals surface area contributed by atoms with E-state index in [1.54, 1.807) is 13.2 Å². The average molecular weight is 602 g/mol. The van der Waals surface area contributed by atoms with E-state index in [1.165, 1.54) is 0 Å². The van der Waals surface area contributed by atoms with Crippen molar-refractivity contribution < 1.29 is 53.4 Å². The zero-order valence-corrected chi connectivity index (χ0v) is 24.1. The van der Waals surface area contributed by atoms with E-state index < -0.39 is 43.2 Å². The van der Waals surface area contributed by atoms with Crippen LogP contribution >= 0.6 is 0 Å². The molecule has 43 heavy (non-hydrogen) atoms. The number of carbonyl (C=O) groups is 2. The molecule has 2 aromatic rings. The average Bonchev–Trinajstić information content (AvgIpc) is 3.74. The molecule has 9 unspecified atom stereocenters. The van der Waals surface area contributed by atoms with Crippen LogP contribution in [0.1, 0.15) is 74.0 Å². The number of fused-ring (bicyclic) bond motifs is 2. The third-order valence-corrected chi connectivity index (χ3v) is 10.1. The van der Waals surface area contributed by atoms with Crippen LogP contribution in [0.4, 0.5) is 0 Å².